The van der Waals surface area contributed by atoms with Crippen molar-refractivity contribution in [3.05, 3.63) is 58.4 Å². The number of ether oxygens (including phenoxy) is 2. The van der Waals surface area contributed by atoms with Gasteiger partial charge in [0.05, 0.1) is 11.6 Å². The van der Waals surface area contributed by atoms with Gasteiger partial charge in [-0.2, -0.15) is 0 Å². The molecule has 0 spiro atoms. The third kappa shape index (κ3) is 7.57. The predicted molar refractivity (Wildman–Crippen MR) is 112 cm³/mol. The van der Waals surface area contributed by atoms with Crippen molar-refractivity contribution in [2.75, 3.05) is 13.2 Å². The number of nitrogens with one attached hydrogen (secondary N) is 1. The van der Waals surface area contributed by atoms with Gasteiger partial charge in [-0.05, 0) is 49.6 Å². The van der Waals surface area contributed by atoms with Crippen molar-refractivity contribution in [1.82, 2.24) is 5.32 Å². The Bertz CT molecular complexity index is 711. The van der Waals surface area contributed by atoms with Crippen LogP contribution in [0, 0.1) is 11.7 Å². The Kier molecular flexibility index (Phi) is 10.5. The molecule has 27 heavy (non-hydrogen) atoms. The van der Waals surface area contributed by atoms with Gasteiger partial charge in [0, 0.05) is 12.1 Å². The van der Waals surface area contributed by atoms with Crippen LogP contribution in [0.3, 0.4) is 0 Å². The molecule has 0 saturated carbocycles. The number of hydrogen-bond donors (Lipinski definition) is 1. The second kappa shape index (κ2) is 12.1. The lowest BCUT2D eigenvalue weighted by atomic mass is 10.1. The summed E-state index contributed by atoms with van der Waals surface area (Å²) in [6.45, 7) is 8.56. The molecule has 0 heterocycles. The minimum Gasteiger partial charge on any atom is -0.490 e. The van der Waals surface area contributed by atoms with Crippen LogP contribution in [0.15, 0.2) is 36.4 Å². The smallest absolute Gasteiger partial charge is 0.180 e. The van der Waals surface area contributed by atoms with Gasteiger partial charge in [-0.15, -0.1) is 12.4 Å². The molecule has 0 aromatic heterocycles. The molecule has 3 nitrogen and oxygen atoms in total. The number of hydrogen-bond acceptors (Lipinski definition) is 3. The molecule has 0 unspecified atom stereocenters. The average molecular weight is 416 g/mol. The number of rotatable bonds is 10. The Balaban J connectivity index is 0.00000364. The van der Waals surface area contributed by atoms with Gasteiger partial charge >= 0.3 is 0 Å². The van der Waals surface area contributed by atoms with E-state index in [0.29, 0.717) is 41.2 Å². The molecule has 1 N–H and O–H groups in total. The molecule has 0 aliphatic rings. The Labute approximate surface area is 172 Å². The maximum atomic E-state index is 13.8. The first-order chi connectivity index (χ1) is 12.5. The molecule has 0 atom stereocenters. The second-order valence-corrected chi connectivity index (χ2v) is 6.98. The van der Waals surface area contributed by atoms with Crippen LogP contribution in [-0.2, 0) is 13.2 Å². The number of halogens is 3. The highest BCUT2D eigenvalue weighted by Crippen LogP contribution is 2.37. The molecular weight excluding hydrogens is 388 g/mol. The summed E-state index contributed by atoms with van der Waals surface area (Å²) in [5.41, 5.74) is 1.51. The largest absolute Gasteiger partial charge is 0.490 e. The summed E-state index contributed by atoms with van der Waals surface area (Å²) in [4.78, 5) is 0. The van der Waals surface area contributed by atoms with Crippen molar-refractivity contribution in [1.29, 1.82) is 0 Å². The van der Waals surface area contributed by atoms with E-state index >= 15 is 0 Å². The van der Waals surface area contributed by atoms with E-state index in [1.54, 1.807) is 18.2 Å². The fourth-order valence-corrected chi connectivity index (χ4v) is 2.80. The van der Waals surface area contributed by atoms with Crippen molar-refractivity contribution >= 4 is 24.0 Å². The summed E-state index contributed by atoms with van der Waals surface area (Å²) >= 11 is 6.41. The first kappa shape index (κ1) is 23.5. The quantitative estimate of drug-likeness (QED) is 0.481. The molecular formula is C21H28Cl2FNO2. The van der Waals surface area contributed by atoms with Gasteiger partial charge in [0.15, 0.2) is 11.5 Å². The van der Waals surface area contributed by atoms with Crippen LogP contribution >= 0.6 is 24.0 Å². The minimum atomic E-state index is -0.299. The first-order valence-corrected chi connectivity index (χ1v) is 9.41. The molecule has 0 saturated heterocycles. The van der Waals surface area contributed by atoms with Crippen LogP contribution in [0.4, 0.5) is 4.39 Å². The van der Waals surface area contributed by atoms with Crippen molar-refractivity contribution in [3.8, 4) is 11.5 Å². The zero-order valence-electron chi connectivity index (χ0n) is 16.1. The summed E-state index contributed by atoms with van der Waals surface area (Å²) in [5.74, 6) is 1.39. The standard InChI is InChI=1S/C21H27ClFNO2.ClH/c1-4-25-20-12-16(13-24-10-9-15(2)3)11-18(22)21(20)26-14-17-7-5-6-8-19(17)23;/h5-8,11-12,15,24H,4,9-10,13-14H2,1-3H3;1H. The topological polar surface area (TPSA) is 30.5 Å². The highest BCUT2D eigenvalue weighted by atomic mass is 35.5. The lowest BCUT2D eigenvalue weighted by Crippen LogP contribution is -2.16. The molecule has 0 amide bonds. The third-order valence-corrected chi connectivity index (χ3v) is 4.21. The number of benzene rings is 2. The zero-order valence-corrected chi connectivity index (χ0v) is 17.6. The molecule has 2 aromatic carbocycles. The summed E-state index contributed by atoms with van der Waals surface area (Å²) in [6.07, 6.45) is 1.12. The maximum absolute atomic E-state index is 13.8. The highest BCUT2D eigenvalue weighted by molar-refractivity contribution is 6.32. The van der Waals surface area contributed by atoms with E-state index < -0.39 is 0 Å². The van der Waals surface area contributed by atoms with Crippen LogP contribution in [0.25, 0.3) is 0 Å². The van der Waals surface area contributed by atoms with Crippen molar-refractivity contribution < 1.29 is 13.9 Å². The van der Waals surface area contributed by atoms with Crippen LogP contribution in [0.1, 0.15) is 38.3 Å². The first-order valence-electron chi connectivity index (χ1n) is 9.03. The van der Waals surface area contributed by atoms with Crippen molar-refractivity contribution in [2.24, 2.45) is 5.92 Å². The second-order valence-electron chi connectivity index (χ2n) is 6.58. The van der Waals surface area contributed by atoms with Gasteiger partial charge in [0.2, 0.25) is 0 Å². The molecule has 6 heteroatoms. The van der Waals surface area contributed by atoms with E-state index in [-0.39, 0.29) is 24.8 Å². The Morgan fingerprint density at radius 1 is 1.15 bits per heavy atom. The Morgan fingerprint density at radius 3 is 2.56 bits per heavy atom. The molecule has 150 valence electrons. The van der Waals surface area contributed by atoms with Gasteiger partial charge < -0.3 is 14.8 Å². The van der Waals surface area contributed by atoms with Gasteiger partial charge in [0.25, 0.3) is 0 Å². The van der Waals surface area contributed by atoms with Crippen LogP contribution < -0.4 is 14.8 Å². The van der Waals surface area contributed by atoms with E-state index in [4.69, 9.17) is 21.1 Å². The monoisotopic (exact) mass is 415 g/mol. The lowest BCUT2D eigenvalue weighted by Gasteiger charge is -2.16. The van der Waals surface area contributed by atoms with Gasteiger partial charge in [0.1, 0.15) is 12.4 Å². The van der Waals surface area contributed by atoms with Gasteiger partial charge in [-0.1, -0.05) is 43.6 Å². The molecule has 0 aliphatic carbocycles. The molecule has 0 radical (unpaired) electrons. The van der Waals surface area contributed by atoms with Crippen molar-refractivity contribution in [3.63, 3.8) is 0 Å². The van der Waals surface area contributed by atoms with Crippen LogP contribution in [-0.4, -0.2) is 13.2 Å². The molecule has 0 bridgehead atoms. The SMILES string of the molecule is CCOc1cc(CNCCC(C)C)cc(Cl)c1OCc1ccccc1F.Cl. The van der Waals surface area contributed by atoms with Crippen molar-refractivity contribution in [2.45, 2.75) is 40.3 Å². The third-order valence-electron chi connectivity index (χ3n) is 3.93. The van der Waals surface area contributed by atoms with Crippen LogP contribution in [0.2, 0.25) is 5.02 Å². The molecule has 2 rings (SSSR count). The average Bonchev–Trinajstić information content (AvgIpc) is 2.59. The fourth-order valence-electron chi connectivity index (χ4n) is 2.52. The molecule has 0 aliphatic heterocycles. The normalized spacial score (nSPS) is 10.6. The summed E-state index contributed by atoms with van der Waals surface area (Å²) in [6, 6.07) is 10.3. The highest BCUT2D eigenvalue weighted by Gasteiger charge is 2.14. The summed E-state index contributed by atoms with van der Waals surface area (Å²) < 4.78 is 25.3. The predicted octanol–water partition coefficient (Wildman–Crippen LogP) is 6.01. The van der Waals surface area contributed by atoms with Gasteiger partial charge in [-0.3, -0.25) is 0 Å². The van der Waals surface area contributed by atoms with E-state index in [9.17, 15) is 4.39 Å². The van der Waals surface area contributed by atoms with E-state index in [1.165, 1.54) is 6.07 Å². The van der Waals surface area contributed by atoms with E-state index in [1.807, 2.05) is 19.1 Å². The van der Waals surface area contributed by atoms with E-state index in [0.717, 1.165) is 18.5 Å². The zero-order chi connectivity index (χ0) is 18.9. The van der Waals surface area contributed by atoms with E-state index in [2.05, 4.69) is 19.2 Å². The summed E-state index contributed by atoms with van der Waals surface area (Å²) in [5, 5.41) is 3.88. The van der Waals surface area contributed by atoms with Crippen LogP contribution in [0.5, 0.6) is 11.5 Å². The lowest BCUT2D eigenvalue weighted by molar-refractivity contribution is 0.266. The Hall–Kier alpha value is -1.49. The minimum absolute atomic E-state index is 0. The fraction of sp³-hybridized carbons (Fsp3) is 0.429. The molecule has 2 aromatic rings. The Morgan fingerprint density at radius 2 is 1.89 bits per heavy atom. The summed E-state index contributed by atoms with van der Waals surface area (Å²) in [7, 11) is 0. The van der Waals surface area contributed by atoms with Gasteiger partial charge in [-0.25, -0.2) is 4.39 Å². The maximum Gasteiger partial charge on any atom is 0.180 e. The molecule has 0 fully saturated rings.